The fourth-order valence-corrected chi connectivity index (χ4v) is 4.34. The molecule has 158 valence electrons. The lowest BCUT2D eigenvalue weighted by Crippen LogP contribution is -3.12. The Kier molecular flexibility index (Phi) is 5.68. The molecule has 2 aromatic rings. The second kappa shape index (κ2) is 8.40. The van der Waals surface area contributed by atoms with E-state index in [1.165, 1.54) is 17.4 Å². The van der Waals surface area contributed by atoms with Gasteiger partial charge in [0, 0.05) is 23.1 Å². The second-order valence-electron chi connectivity index (χ2n) is 8.09. The molecule has 1 fully saturated rings. The van der Waals surface area contributed by atoms with Crippen LogP contribution in [0.15, 0.2) is 36.1 Å². The number of likely N-dealkylation sites (tertiary alicyclic amines) is 1. The third-order valence-corrected chi connectivity index (χ3v) is 5.92. The fraction of sp³-hybridized carbons (Fsp3) is 0.375. The zero-order chi connectivity index (χ0) is 21.3. The van der Waals surface area contributed by atoms with Crippen molar-refractivity contribution in [3.05, 3.63) is 52.8 Å². The number of methoxy groups -OCH3 is 2. The van der Waals surface area contributed by atoms with E-state index in [1.807, 2.05) is 6.07 Å². The molecular formula is C24H27NO5. The number of carbonyl (C=O) groups is 1. The van der Waals surface area contributed by atoms with E-state index in [-0.39, 0.29) is 17.3 Å². The quantitative estimate of drug-likeness (QED) is 0.767. The van der Waals surface area contributed by atoms with Crippen molar-refractivity contribution in [1.82, 2.24) is 0 Å². The first kappa shape index (κ1) is 20.3. The average molecular weight is 409 g/mol. The number of quaternary nitrogens is 1. The number of ketones is 1. The smallest absolute Gasteiger partial charge is 0.231 e. The predicted octanol–water partition coefficient (Wildman–Crippen LogP) is 2.21. The molecule has 30 heavy (non-hydrogen) atoms. The van der Waals surface area contributed by atoms with E-state index in [9.17, 15) is 9.90 Å². The monoisotopic (exact) mass is 409 g/mol. The highest BCUT2D eigenvalue weighted by molar-refractivity contribution is 6.15. The lowest BCUT2D eigenvalue weighted by Gasteiger charge is -2.29. The maximum Gasteiger partial charge on any atom is 0.231 e. The van der Waals surface area contributed by atoms with Gasteiger partial charge in [0.05, 0.1) is 32.9 Å². The Bertz CT molecular complexity index is 997. The maximum absolute atomic E-state index is 13.0. The topological polar surface area (TPSA) is 72.3 Å². The van der Waals surface area contributed by atoms with Crippen LogP contribution in [0.3, 0.4) is 0 Å². The summed E-state index contributed by atoms with van der Waals surface area (Å²) in [5.74, 6) is 2.20. The molecule has 0 radical (unpaired) electrons. The van der Waals surface area contributed by atoms with Gasteiger partial charge in [0.2, 0.25) is 5.78 Å². The van der Waals surface area contributed by atoms with Gasteiger partial charge in [-0.2, -0.15) is 0 Å². The Labute approximate surface area is 176 Å². The number of nitrogens with one attached hydrogen (secondary N) is 1. The first-order chi connectivity index (χ1) is 14.5. The minimum Gasteiger partial charge on any atom is -0.872 e. The van der Waals surface area contributed by atoms with Crippen LogP contribution in [-0.2, 0) is 6.54 Å². The summed E-state index contributed by atoms with van der Waals surface area (Å²) in [4.78, 5) is 14.3. The van der Waals surface area contributed by atoms with Crippen molar-refractivity contribution in [2.24, 2.45) is 5.92 Å². The van der Waals surface area contributed by atoms with Gasteiger partial charge in [-0.25, -0.2) is 0 Å². The van der Waals surface area contributed by atoms with Crippen molar-refractivity contribution in [1.29, 1.82) is 0 Å². The molecule has 4 rings (SSSR count). The number of hydrogen-bond donors (Lipinski definition) is 1. The molecule has 2 aliphatic rings. The van der Waals surface area contributed by atoms with E-state index in [1.54, 1.807) is 38.5 Å². The number of carbonyl (C=O) groups excluding carboxylic acids is 1. The van der Waals surface area contributed by atoms with Gasteiger partial charge in [0.25, 0.3) is 0 Å². The molecule has 2 heterocycles. The van der Waals surface area contributed by atoms with E-state index in [4.69, 9.17) is 14.2 Å². The Morgan fingerprint density at radius 2 is 2.07 bits per heavy atom. The van der Waals surface area contributed by atoms with E-state index in [0.29, 0.717) is 46.4 Å². The van der Waals surface area contributed by atoms with Gasteiger partial charge >= 0.3 is 0 Å². The summed E-state index contributed by atoms with van der Waals surface area (Å²) < 4.78 is 16.6. The molecule has 2 aromatic carbocycles. The maximum atomic E-state index is 13.0. The number of piperidine rings is 1. The van der Waals surface area contributed by atoms with Crippen molar-refractivity contribution in [2.45, 2.75) is 26.3 Å². The minimum absolute atomic E-state index is 0.0736. The van der Waals surface area contributed by atoms with Gasteiger partial charge in [0.15, 0.2) is 5.76 Å². The lowest BCUT2D eigenvalue weighted by atomic mass is 9.99. The highest BCUT2D eigenvalue weighted by Gasteiger charge is 2.32. The van der Waals surface area contributed by atoms with E-state index in [2.05, 4.69) is 6.92 Å². The first-order valence-electron chi connectivity index (χ1n) is 10.3. The van der Waals surface area contributed by atoms with Gasteiger partial charge in [-0.1, -0.05) is 18.7 Å². The molecule has 2 unspecified atom stereocenters. The third-order valence-electron chi connectivity index (χ3n) is 5.92. The van der Waals surface area contributed by atoms with Crippen molar-refractivity contribution in [3.63, 3.8) is 0 Å². The van der Waals surface area contributed by atoms with Crippen LogP contribution in [0.4, 0.5) is 0 Å². The highest BCUT2D eigenvalue weighted by atomic mass is 16.5. The summed E-state index contributed by atoms with van der Waals surface area (Å²) in [5.41, 5.74) is 1.75. The summed E-state index contributed by atoms with van der Waals surface area (Å²) >= 11 is 0. The van der Waals surface area contributed by atoms with Crippen LogP contribution >= 0.6 is 0 Å². The molecule has 6 heteroatoms. The molecule has 2 aliphatic heterocycles. The molecule has 0 aromatic heterocycles. The van der Waals surface area contributed by atoms with Crippen molar-refractivity contribution in [2.75, 3.05) is 27.3 Å². The van der Waals surface area contributed by atoms with Crippen LogP contribution in [-0.4, -0.2) is 33.1 Å². The van der Waals surface area contributed by atoms with Crippen LogP contribution in [0.25, 0.3) is 6.08 Å². The standard InChI is InChI=1S/C24H27NO5/c1-15-5-4-10-25(13-15)14-19-20(26)9-8-18-23(27)22(30-24(18)19)11-16-6-7-17(28-2)12-21(16)29-3/h6-9,11-12,15,26H,4-5,10,13-14H2,1-3H3/b22-11-. The lowest BCUT2D eigenvalue weighted by molar-refractivity contribution is -0.922. The molecule has 1 N–H and O–H groups in total. The Morgan fingerprint density at radius 1 is 1.23 bits per heavy atom. The summed E-state index contributed by atoms with van der Waals surface area (Å²) in [5, 5.41) is 12.6. The summed E-state index contributed by atoms with van der Waals surface area (Å²) in [6.45, 7) is 4.89. The van der Waals surface area contributed by atoms with Gasteiger partial charge in [-0.15, -0.1) is 0 Å². The number of ether oxygens (including phenoxy) is 3. The van der Waals surface area contributed by atoms with Gasteiger partial charge < -0.3 is 24.2 Å². The van der Waals surface area contributed by atoms with Gasteiger partial charge in [-0.05, 0) is 37.1 Å². The summed E-state index contributed by atoms with van der Waals surface area (Å²) in [6, 6.07) is 8.41. The molecule has 0 bridgehead atoms. The van der Waals surface area contributed by atoms with Crippen LogP contribution < -0.4 is 24.2 Å². The SMILES string of the molecule is COc1ccc(/C=C2\Oc3c(ccc([O-])c3C[NH+]3CCCC(C)C3)C2=O)c(OC)c1. The van der Waals surface area contributed by atoms with Gasteiger partial charge in [0.1, 0.15) is 23.8 Å². The number of fused-ring (bicyclic) bond motifs is 1. The molecule has 0 saturated carbocycles. The molecule has 0 aliphatic carbocycles. The molecule has 6 nitrogen and oxygen atoms in total. The molecular weight excluding hydrogens is 382 g/mol. The number of rotatable bonds is 5. The zero-order valence-corrected chi connectivity index (χ0v) is 17.6. The molecule has 0 spiro atoms. The van der Waals surface area contributed by atoms with Crippen molar-refractivity contribution < 1.29 is 29.0 Å². The Morgan fingerprint density at radius 3 is 2.80 bits per heavy atom. The van der Waals surface area contributed by atoms with Crippen LogP contribution in [0, 0.1) is 5.92 Å². The number of Topliss-reactive ketones (excluding diaryl/α,β-unsaturated/α-hetero) is 1. The second-order valence-corrected chi connectivity index (χ2v) is 8.09. The number of benzene rings is 2. The normalized spacial score (nSPS) is 22.0. The van der Waals surface area contributed by atoms with Crippen LogP contribution in [0.5, 0.6) is 23.0 Å². The first-order valence-corrected chi connectivity index (χ1v) is 10.3. The molecule has 1 saturated heterocycles. The van der Waals surface area contributed by atoms with Crippen LogP contribution in [0.1, 0.15) is 41.3 Å². The predicted molar refractivity (Wildman–Crippen MR) is 111 cm³/mol. The fourth-order valence-electron chi connectivity index (χ4n) is 4.34. The third kappa shape index (κ3) is 3.87. The Balaban J connectivity index is 1.65. The molecule has 0 amide bonds. The van der Waals surface area contributed by atoms with E-state index >= 15 is 0 Å². The largest absolute Gasteiger partial charge is 0.872 e. The number of hydrogen-bond acceptors (Lipinski definition) is 5. The van der Waals surface area contributed by atoms with Gasteiger partial charge in [-0.3, -0.25) is 4.79 Å². The summed E-state index contributed by atoms with van der Waals surface area (Å²) in [6.07, 6.45) is 4.04. The minimum atomic E-state index is -0.217. The average Bonchev–Trinajstić information content (AvgIpc) is 3.06. The van der Waals surface area contributed by atoms with Crippen molar-refractivity contribution >= 4 is 11.9 Å². The number of allylic oxidation sites excluding steroid dienone is 1. The van der Waals surface area contributed by atoms with Crippen molar-refractivity contribution in [3.8, 4) is 23.0 Å². The molecule has 2 atom stereocenters. The van der Waals surface area contributed by atoms with E-state index < -0.39 is 0 Å². The van der Waals surface area contributed by atoms with Crippen LogP contribution in [0.2, 0.25) is 0 Å². The van der Waals surface area contributed by atoms with E-state index in [0.717, 1.165) is 19.5 Å². The highest BCUT2D eigenvalue weighted by Crippen LogP contribution is 2.39. The summed E-state index contributed by atoms with van der Waals surface area (Å²) in [7, 11) is 3.15. The Hall–Kier alpha value is -2.99. The zero-order valence-electron chi connectivity index (χ0n) is 17.6.